The van der Waals surface area contributed by atoms with Crippen LogP contribution in [0.15, 0.2) is 12.7 Å². The number of allylic oxidation sites excluding steroid dienone is 1. The molecule has 11 heavy (non-hydrogen) atoms. The van der Waals surface area contributed by atoms with E-state index in [2.05, 4.69) is 18.8 Å². The molecule has 0 atom stereocenters. The van der Waals surface area contributed by atoms with E-state index >= 15 is 0 Å². The molecule has 0 radical (unpaired) electrons. The quantitative estimate of drug-likeness (QED) is 0.611. The first kappa shape index (κ1) is 8.31. The number of carbonyl (C=O) groups is 1. The summed E-state index contributed by atoms with van der Waals surface area (Å²) in [5, 5.41) is 2.98. The lowest BCUT2D eigenvalue weighted by atomic mass is 10.2. The van der Waals surface area contributed by atoms with E-state index in [1.807, 2.05) is 0 Å². The predicted octanol–water partition coefficient (Wildman–Crippen LogP) is 1.62. The molecular formula is C9H15NO. The SMILES string of the molecule is C=CCCC(=O)NC1(C)CC1. The van der Waals surface area contributed by atoms with Crippen LogP contribution in [0, 0.1) is 0 Å². The van der Waals surface area contributed by atoms with E-state index in [9.17, 15) is 4.79 Å². The third-order valence-corrected chi connectivity index (χ3v) is 2.02. The van der Waals surface area contributed by atoms with Crippen LogP contribution in [0.2, 0.25) is 0 Å². The maximum atomic E-state index is 11.1. The minimum absolute atomic E-state index is 0.137. The standard InChI is InChI=1S/C9H15NO/c1-3-4-5-8(11)10-9(2)6-7-9/h3H,1,4-7H2,2H3,(H,10,11). The summed E-state index contributed by atoms with van der Waals surface area (Å²) in [7, 11) is 0. The molecule has 1 N–H and O–H groups in total. The minimum Gasteiger partial charge on any atom is -0.351 e. The zero-order chi connectivity index (χ0) is 8.32. The van der Waals surface area contributed by atoms with Crippen LogP contribution in [0.5, 0.6) is 0 Å². The third kappa shape index (κ3) is 2.74. The Hall–Kier alpha value is -0.790. The van der Waals surface area contributed by atoms with Gasteiger partial charge < -0.3 is 5.32 Å². The second-order valence-electron chi connectivity index (χ2n) is 3.44. The fraction of sp³-hybridized carbons (Fsp3) is 0.667. The second kappa shape index (κ2) is 3.07. The summed E-state index contributed by atoms with van der Waals surface area (Å²) >= 11 is 0. The van der Waals surface area contributed by atoms with Crippen LogP contribution in [0.3, 0.4) is 0 Å². The van der Waals surface area contributed by atoms with Crippen molar-refractivity contribution in [3.63, 3.8) is 0 Å². The number of hydrogen-bond donors (Lipinski definition) is 1. The Labute approximate surface area is 67.7 Å². The summed E-state index contributed by atoms with van der Waals surface area (Å²) < 4.78 is 0. The first-order valence-corrected chi connectivity index (χ1v) is 4.08. The van der Waals surface area contributed by atoms with E-state index < -0.39 is 0 Å². The van der Waals surface area contributed by atoms with Gasteiger partial charge in [-0.25, -0.2) is 0 Å². The van der Waals surface area contributed by atoms with Gasteiger partial charge in [0.15, 0.2) is 0 Å². The van der Waals surface area contributed by atoms with Crippen molar-refractivity contribution in [2.24, 2.45) is 0 Å². The zero-order valence-corrected chi connectivity index (χ0v) is 7.02. The first-order chi connectivity index (χ1) is 5.16. The van der Waals surface area contributed by atoms with Crippen molar-refractivity contribution in [2.75, 3.05) is 0 Å². The fourth-order valence-electron chi connectivity index (χ4n) is 0.945. The van der Waals surface area contributed by atoms with Gasteiger partial charge in [0, 0.05) is 12.0 Å². The van der Waals surface area contributed by atoms with E-state index in [-0.39, 0.29) is 11.4 Å². The van der Waals surface area contributed by atoms with Crippen molar-refractivity contribution >= 4 is 5.91 Å². The normalized spacial score (nSPS) is 19.0. The molecule has 2 heteroatoms. The monoisotopic (exact) mass is 153 g/mol. The second-order valence-corrected chi connectivity index (χ2v) is 3.44. The number of nitrogens with one attached hydrogen (secondary N) is 1. The largest absolute Gasteiger partial charge is 0.351 e. The molecule has 1 amide bonds. The molecule has 0 bridgehead atoms. The van der Waals surface area contributed by atoms with E-state index in [4.69, 9.17) is 0 Å². The van der Waals surface area contributed by atoms with Crippen LogP contribution in [0.25, 0.3) is 0 Å². The van der Waals surface area contributed by atoms with Crippen LogP contribution < -0.4 is 5.32 Å². The molecule has 2 nitrogen and oxygen atoms in total. The number of rotatable bonds is 4. The fourth-order valence-corrected chi connectivity index (χ4v) is 0.945. The zero-order valence-electron chi connectivity index (χ0n) is 7.02. The lowest BCUT2D eigenvalue weighted by molar-refractivity contribution is -0.121. The van der Waals surface area contributed by atoms with Gasteiger partial charge in [-0.3, -0.25) is 4.79 Å². The Morgan fingerprint density at radius 1 is 1.73 bits per heavy atom. The van der Waals surface area contributed by atoms with Gasteiger partial charge in [-0.15, -0.1) is 6.58 Å². The molecule has 1 aliphatic rings. The van der Waals surface area contributed by atoms with E-state index in [1.54, 1.807) is 6.08 Å². The summed E-state index contributed by atoms with van der Waals surface area (Å²) in [6.07, 6.45) is 5.40. The molecule has 0 aromatic heterocycles. The Morgan fingerprint density at radius 3 is 2.82 bits per heavy atom. The van der Waals surface area contributed by atoms with Crippen LogP contribution in [-0.4, -0.2) is 11.4 Å². The molecule has 0 spiro atoms. The van der Waals surface area contributed by atoms with Gasteiger partial charge in [0.1, 0.15) is 0 Å². The van der Waals surface area contributed by atoms with Crippen molar-refractivity contribution in [1.82, 2.24) is 5.32 Å². The van der Waals surface area contributed by atoms with Crippen molar-refractivity contribution in [3.05, 3.63) is 12.7 Å². The number of amides is 1. The van der Waals surface area contributed by atoms with Gasteiger partial charge in [0.05, 0.1) is 0 Å². The topological polar surface area (TPSA) is 29.1 Å². The highest BCUT2D eigenvalue weighted by atomic mass is 16.1. The predicted molar refractivity (Wildman–Crippen MR) is 45.2 cm³/mol. The van der Waals surface area contributed by atoms with Crippen LogP contribution in [-0.2, 0) is 4.79 Å². The highest BCUT2D eigenvalue weighted by Crippen LogP contribution is 2.34. The van der Waals surface area contributed by atoms with E-state index in [0.717, 1.165) is 19.3 Å². The molecule has 62 valence electrons. The van der Waals surface area contributed by atoms with Crippen molar-refractivity contribution in [1.29, 1.82) is 0 Å². The number of hydrogen-bond acceptors (Lipinski definition) is 1. The molecule has 1 fully saturated rings. The smallest absolute Gasteiger partial charge is 0.220 e. The molecule has 1 aliphatic carbocycles. The molecule has 1 rings (SSSR count). The average Bonchev–Trinajstić information content (AvgIpc) is 2.63. The maximum Gasteiger partial charge on any atom is 0.220 e. The highest BCUT2D eigenvalue weighted by molar-refractivity contribution is 5.77. The average molecular weight is 153 g/mol. The summed E-state index contributed by atoms with van der Waals surface area (Å²) in [5.41, 5.74) is 0.137. The minimum atomic E-state index is 0.137. The molecule has 0 unspecified atom stereocenters. The van der Waals surface area contributed by atoms with E-state index in [0.29, 0.717) is 6.42 Å². The maximum absolute atomic E-state index is 11.1. The lowest BCUT2D eigenvalue weighted by Crippen LogP contribution is -2.33. The van der Waals surface area contributed by atoms with Gasteiger partial charge in [-0.2, -0.15) is 0 Å². The summed E-state index contributed by atoms with van der Waals surface area (Å²) in [4.78, 5) is 11.1. The molecule has 0 aromatic rings. The molecule has 0 aliphatic heterocycles. The van der Waals surface area contributed by atoms with Crippen LogP contribution in [0.4, 0.5) is 0 Å². The van der Waals surface area contributed by atoms with Gasteiger partial charge in [-0.05, 0) is 26.2 Å². The summed E-state index contributed by atoms with van der Waals surface area (Å²) in [6, 6.07) is 0. The van der Waals surface area contributed by atoms with E-state index in [1.165, 1.54) is 0 Å². The Kier molecular flexibility index (Phi) is 2.32. The summed E-state index contributed by atoms with van der Waals surface area (Å²) in [6.45, 7) is 5.65. The molecular weight excluding hydrogens is 138 g/mol. The highest BCUT2D eigenvalue weighted by Gasteiger charge is 2.38. The van der Waals surface area contributed by atoms with Gasteiger partial charge in [0.2, 0.25) is 5.91 Å². The molecule has 0 heterocycles. The first-order valence-electron chi connectivity index (χ1n) is 4.08. The molecule has 1 saturated carbocycles. The lowest BCUT2D eigenvalue weighted by Gasteiger charge is -2.09. The van der Waals surface area contributed by atoms with Crippen LogP contribution in [0.1, 0.15) is 32.6 Å². The number of carbonyl (C=O) groups excluding carboxylic acids is 1. The van der Waals surface area contributed by atoms with Crippen LogP contribution >= 0.6 is 0 Å². The Bertz CT molecular complexity index is 170. The summed E-state index contributed by atoms with van der Waals surface area (Å²) in [5.74, 6) is 0.157. The van der Waals surface area contributed by atoms with Gasteiger partial charge in [-0.1, -0.05) is 6.08 Å². The van der Waals surface area contributed by atoms with Gasteiger partial charge >= 0.3 is 0 Å². The van der Waals surface area contributed by atoms with Gasteiger partial charge in [0.25, 0.3) is 0 Å². The third-order valence-electron chi connectivity index (χ3n) is 2.02. The van der Waals surface area contributed by atoms with Crippen molar-refractivity contribution in [2.45, 2.75) is 38.1 Å². The van der Waals surface area contributed by atoms with Crippen molar-refractivity contribution < 1.29 is 4.79 Å². The van der Waals surface area contributed by atoms with Crippen molar-refractivity contribution in [3.8, 4) is 0 Å². The Balaban J connectivity index is 2.15. The molecule has 0 saturated heterocycles. The Morgan fingerprint density at radius 2 is 2.36 bits per heavy atom. The molecule has 0 aromatic carbocycles.